The minimum atomic E-state index is -4.60. The molecule has 3 nitrogen and oxygen atoms in total. The number of pyridine rings is 1. The summed E-state index contributed by atoms with van der Waals surface area (Å²) >= 11 is 0. The van der Waals surface area contributed by atoms with Gasteiger partial charge in [-0.1, -0.05) is 36.4 Å². The third-order valence-corrected chi connectivity index (χ3v) is 4.39. The van der Waals surface area contributed by atoms with E-state index in [4.69, 9.17) is 0 Å². The largest absolute Gasteiger partial charge is 0.417 e. The maximum atomic E-state index is 13.2. The number of ketones is 1. The lowest BCUT2D eigenvalue weighted by atomic mass is 10.00. The topological polar surface area (TPSA) is 45.8 Å². The average molecular weight is 354 g/mol. The molecule has 0 aliphatic rings. The van der Waals surface area contributed by atoms with Gasteiger partial charge in [0.2, 0.25) is 5.78 Å². The molecule has 0 bridgehead atoms. The van der Waals surface area contributed by atoms with E-state index in [9.17, 15) is 18.0 Å². The third-order valence-electron chi connectivity index (χ3n) is 4.39. The van der Waals surface area contributed by atoms with Crippen LogP contribution in [0.25, 0.3) is 21.8 Å². The quantitative estimate of drug-likeness (QED) is 0.498. The Kier molecular flexibility index (Phi) is 3.57. The van der Waals surface area contributed by atoms with Crippen LogP contribution < -0.4 is 0 Å². The highest BCUT2D eigenvalue weighted by atomic mass is 19.4. The molecule has 6 heteroatoms. The van der Waals surface area contributed by atoms with Crippen LogP contribution in [0.3, 0.4) is 0 Å². The maximum Gasteiger partial charge on any atom is 0.417 e. The summed E-state index contributed by atoms with van der Waals surface area (Å²) in [6.45, 7) is 1.73. The molecule has 0 unspecified atom stereocenters. The van der Waals surface area contributed by atoms with Crippen LogP contribution in [0.2, 0.25) is 0 Å². The van der Waals surface area contributed by atoms with Gasteiger partial charge in [-0.3, -0.25) is 4.79 Å². The molecule has 0 amide bonds. The normalized spacial score (nSPS) is 12.0. The number of fused-ring (bicyclic) bond motifs is 3. The number of benzene rings is 2. The van der Waals surface area contributed by atoms with Crippen molar-refractivity contribution in [3.05, 3.63) is 77.1 Å². The van der Waals surface area contributed by atoms with E-state index < -0.39 is 23.1 Å². The van der Waals surface area contributed by atoms with Gasteiger partial charge in [-0.2, -0.15) is 13.2 Å². The molecule has 1 N–H and O–H groups in total. The van der Waals surface area contributed by atoms with Crippen molar-refractivity contribution in [2.75, 3.05) is 0 Å². The smallest absolute Gasteiger partial charge is 0.353 e. The molecule has 2 aromatic carbocycles. The third kappa shape index (κ3) is 2.54. The van der Waals surface area contributed by atoms with Crippen molar-refractivity contribution in [3.8, 4) is 0 Å². The van der Waals surface area contributed by atoms with Gasteiger partial charge in [0.25, 0.3) is 0 Å². The second-order valence-corrected chi connectivity index (χ2v) is 6.06. The fourth-order valence-electron chi connectivity index (χ4n) is 3.19. The first kappa shape index (κ1) is 16.3. The number of aromatic nitrogens is 2. The maximum absolute atomic E-state index is 13.2. The van der Waals surface area contributed by atoms with Gasteiger partial charge in [0, 0.05) is 21.9 Å². The number of hydrogen-bond acceptors (Lipinski definition) is 2. The van der Waals surface area contributed by atoms with Gasteiger partial charge in [-0.25, -0.2) is 4.98 Å². The van der Waals surface area contributed by atoms with Gasteiger partial charge in [0.1, 0.15) is 5.69 Å². The first-order valence-corrected chi connectivity index (χ1v) is 7.95. The van der Waals surface area contributed by atoms with Gasteiger partial charge < -0.3 is 4.98 Å². The van der Waals surface area contributed by atoms with Crippen molar-refractivity contribution < 1.29 is 18.0 Å². The van der Waals surface area contributed by atoms with Crippen molar-refractivity contribution in [2.24, 2.45) is 0 Å². The minimum absolute atomic E-state index is 0.00328. The zero-order valence-electron chi connectivity index (χ0n) is 13.7. The van der Waals surface area contributed by atoms with Crippen LogP contribution in [-0.2, 0) is 6.18 Å². The van der Waals surface area contributed by atoms with Crippen LogP contribution in [0.4, 0.5) is 13.2 Å². The first-order chi connectivity index (χ1) is 12.4. The number of rotatable bonds is 2. The van der Waals surface area contributed by atoms with Crippen LogP contribution in [-0.4, -0.2) is 15.8 Å². The van der Waals surface area contributed by atoms with Crippen molar-refractivity contribution in [2.45, 2.75) is 13.1 Å². The summed E-state index contributed by atoms with van der Waals surface area (Å²) in [6.07, 6.45) is -4.60. The van der Waals surface area contributed by atoms with Gasteiger partial charge in [0.15, 0.2) is 0 Å². The van der Waals surface area contributed by atoms with Crippen LogP contribution in [0.1, 0.15) is 27.3 Å². The second kappa shape index (κ2) is 5.69. The zero-order chi connectivity index (χ0) is 18.5. The number of aryl methyl sites for hydroxylation is 1. The summed E-state index contributed by atoms with van der Waals surface area (Å²) in [5.74, 6) is -0.742. The highest BCUT2D eigenvalue weighted by Crippen LogP contribution is 2.33. The lowest BCUT2D eigenvalue weighted by Crippen LogP contribution is -2.14. The van der Waals surface area contributed by atoms with E-state index in [2.05, 4.69) is 9.97 Å². The number of aromatic amines is 1. The highest BCUT2D eigenvalue weighted by Gasteiger charge is 2.35. The fourth-order valence-corrected chi connectivity index (χ4v) is 3.19. The Bertz CT molecular complexity index is 1160. The Morgan fingerprint density at radius 2 is 1.69 bits per heavy atom. The summed E-state index contributed by atoms with van der Waals surface area (Å²) < 4.78 is 39.7. The Morgan fingerprint density at radius 1 is 1.00 bits per heavy atom. The molecule has 0 fully saturated rings. The summed E-state index contributed by atoms with van der Waals surface area (Å²) in [4.78, 5) is 20.3. The van der Waals surface area contributed by atoms with Crippen molar-refractivity contribution >= 4 is 27.6 Å². The van der Waals surface area contributed by atoms with E-state index in [1.54, 1.807) is 13.0 Å². The second-order valence-electron chi connectivity index (χ2n) is 6.06. The Labute approximate surface area is 146 Å². The highest BCUT2D eigenvalue weighted by molar-refractivity contribution is 6.14. The molecule has 2 aromatic heterocycles. The molecule has 0 saturated carbocycles. The minimum Gasteiger partial charge on any atom is -0.353 e. The number of hydrogen-bond donors (Lipinski definition) is 1. The van der Waals surface area contributed by atoms with Crippen LogP contribution in [0.5, 0.6) is 0 Å². The van der Waals surface area contributed by atoms with E-state index in [0.29, 0.717) is 5.69 Å². The molecule has 4 aromatic rings. The molecule has 0 saturated heterocycles. The zero-order valence-corrected chi connectivity index (χ0v) is 13.7. The molecule has 0 aliphatic heterocycles. The molecule has 2 heterocycles. The van der Waals surface area contributed by atoms with Gasteiger partial charge in [-0.05, 0) is 25.1 Å². The lowest BCUT2D eigenvalue weighted by Gasteiger charge is -2.12. The molecule has 130 valence electrons. The van der Waals surface area contributed by atoms with Crippen molar-refractivity contribution in [3.63, 3.8) is 0 Å². The lowest BCUT2D eigenvalue weighted by molar-refractivity contribution is -0.137. The number of para-hydroxylation sites is 1. The molecule has 0 atom stereocenters. The average Bonchev–Trinajstić information content (AvgIpc) is 3.00. The number of carbonyl (C=O) groups excluding carboxylic acids is 1. The summed E-state index contributed by atoms with van der Waals surface area (Å²) in [5, 5.41) is 1.66. The van der Waals surface area contributed by atoms with Crippen molar-refractivity contribution in [1.82, 2.24) is 9.97 Å². The van der Waals surface area contributed by atoms with E-state index in [0.717, 1.165) is 27.9 Å². The van der Waals surface area contributed by atoms with Crippen LogP contribution >= 0.6 is 0 Å². The predicted octanol–water partition coefficient (Wildman–Crippen LogP) is 5.27. The number of alkyl halides is 3. The van der Waals surface area contributed by atoms with E-state index in [-0.39, 0.29) is 5.69 Å². The monoisotopic (exact) mass is 354 g/mol. The van der Waals surface area contributed by atoms with E-state index in [1.807, 2.05) is 24.3 Å². The Morgan fingerprint density at radius 3 is 2.46 bits per heavy atom. The standard InChI is InChI=1S/C20H13F3N2O/c1-11-18-14(12-6-3-5-9-16(12)25-18)10-17(24-11)19(26)13-7-2-4-8-15(13)20(21,22)23/h2-10,25H,1H3. The van der Waals surface area contributed by atoms with E-state index >= 15 is 0 Å². The Hall–Kier alpha value is -3.15. The fraction of sp³-hybridized carbons (Fsp3) is 0.100. The molecule has 0 aliphatic carbocycles. The SMILES string of the molecule is Cc1nc(C(=O)c2ccccc2C(F)(F)F)cc2c1[nH]c1ccccc12. The van der Waals surface area contributed by atoms with Gasteiger partial charge >= 0.3 is 6.18 Å². The molecule has 0 radical (unpaired) electrons. The number of H-pyrrole nitrogens is 1. The number of nitrogens with zero attached hydrogens (tertiary/aromatic N) is 1. The number of carbonyl (C=O) groups is 1. The summed E-state index contributed by atoms with van der Waals surface area (Å²) in [5.41, 5.74) is 0.858. The number of nitrogens with one attached hydrogen (secondary N) is 1. The summed E-state index contributed by atoms with van der Waals surface area (Å²) in [6, 6.07) is 13.9. The Balaban J connectivity index is 1.93. The molecule has 4 rings (SSSR count). The first-order valence-electron chi connectivity index (χ1n) is 7.95. The van der Waals surface area contributed by atoms with Crippen LogP contribution in [0, 0.1) is 6.92 Å². The van der Waals surface area contributed by atoms with Gasteiger partial charge in [-0.15, -0.1) is 0 Å². The van der Waals surface area contributed by atoms with Gasteiger partial charge in [0.05, 0.1) is 16.8 Å². The molecular weight excluding hydrogens is 341 g/mol. The van der Waals surface area contributed by atoms with Crippen molar-refractivity contribution in [1.29, 1.82) is 0 Å². The predicted molar refractivity (Wildman–Crippen MR) is 93.2 cm³/mol. The molecule has 0 spiro atoms. The molecule has 26 heavy (non-hydrogen) atoms. The molecular formula is C20H13F3N2O. The van der Waals surface area contributed by atoms with E-state index in [1.165, 1.54) is 18.2 Å². The summed E-state index contributed by atoms with van der Waals surface area (Å²) in [7, 11) is 0. The van der Waals surface area contributed by atoms with Crippen LogP contribution in [0.15, 0.2) is 54.6 Å². The number of halogens is 3.